The van der Waals surface area contributed by atoms with Gasteiger partial charge in [-0.15, -0.1) is 33.7 Å². The Morgan fingerprint density at radius 2 is 1.03 bits per heavy atom. The number of nitrogens with one attached hydrogen (secondary N) is 2. The quantitative estimate of drug-likeness (QED) is 0.0306. The number of benzene rings is 2. The summed E-state index contributed by atoms with van der Waals surface area (Å²) in [5, 5.41) is 86.7. The van der Waals surface area contributed by atoms with Gasteiger partial charge in [0.05, 0.1) is 23.3 Å². The van der Waals surface area contributed by atoms with Crippen LogP contribution in [0.25, 0.3) is 0 Å². The predicted octanol–water partition coefficient (Wildman–Crippen LogP) is -9.74. The smallest absolute Gasteiger partial charge is 0.543 e. The van der Waals surface area contributed by atoms with Crippen molar-refractivity contribution in [1.29, 1.82) is 0 Å². The molecule has 0 aliphatic carbocycles. The molecule has 4 amide bonds. The topological polar surface area (TPSA) is 381 Å². The molecule has 34 heteroatoms. The normalized spacial score (nSPS) is 19.6. The third-order valence-electron chi connectivity index (χ3n) is 10.3. The van der Waals surface area contributed by atoms with E-state index in [9.17, 15) is 67.6 Å². The fourth-order valence-electron chi connectivity index (χ4n) is 7.06. The zero-order valence-corrected chi connectivity index (χ0v) is 46.6. The number of carboxylic acid groups (broad SMARTS) is 4. The summed E-state index contributed by atoms with van der Waals surface area (Å²) in [4.78, 5) is 97.8. The molecule has 0 saturated carbocycles. The number of tetrazole rings is 2. The van der Waals surface area contributed by atoms with Crippen LogP contribution in [-0.2, 0) is 51.4 Å². The molecule has 0 spiro atoms. The summed E-state index contributed by atoms with van der Waals surface area (Å²) in [6, 6.07) is 8.05. The van der Waals surface area contributed by atoms with Crippen molar-refractivity contribution >= 4 is 94.6 Å². The van der Waals surface area contributed by atoms with Crippen molar-refractivity contribution in [3.63, 3.8) is 0 Å². The molecule has 2 saturated heterocycles. The molecule has 2 unspecified atom stereocenters. The molecule has 6 N–H and O–H groups in total. The molecule has 4 aliphatic rings. The van der Waals surface area contributed by atoms with Gasteiger partial charge in [0.25, 0.3) is 23.6 Å². The number of aliphatic carboxylic acids is 4. The van der Waals surface area contributed by atoms with Gasteiger partial charge in [-0.05, 0) is 44.1 Å². The minimum atomic E-state index is -1.86. The van der Waals surface area contributed by atoms with Crippen LogP contribution in [0.1, 0.15) is 23.3 Å². The van der Waals surface area contributed by atoms with Gasteiger partial charge in [-0.1, -0.05) is 59.9 Å². The molecule has 368 valence electrons. The largest absolute Gasteiger partial charge is 1.00 e. The molecule has 0 radical (unpaired) electrons. The average Bonchev–Trinajstić information content (AvgIpc) is 3.97. The van der Waals surface area contributed by atoms with Crippen LogP contribution in [0.2, 0.25) is 0 Å². The van der Waals surface area contributed by atoms with Gasteiger partial charge in [-0.25, -0.2) is 18.1 Å². The maximum atomic E-state index is 13.9. The van der Waals surface area contributed by atoms with Crippen molar-refractivity contribution in [2.24, 2.45) is 0 Å². The van der Waals surface area contributed by atoms with E-state index in [1.54, 1.807) is 0 Å². The van der Waals surface area contributed by atoms with Crippen LogP contribution in [0.3, 0.4) is 0 Å². The van der Waals surface area contributed by atoms with Crippen LogP contribution in [0.15, 0.2) is 81.4 Å². The van der Waals surface area contributed by atoms with Crippen LogP contribution in [0, 0.1) is 11.6 Å². The zero-order valence-electron chi connectivity index (χ0n) is 37.1. The number of rotatable bonds is 18. The van der Waals surface area contributed by atoms with Crippen LogP contribution >= 0.6 is 47.0 Å². The van der Waals surface area contributed by atoms with Gasteiger partial charge in [-0.3, -0.25) is 38.6 Å². The Balaban J connectivity index is 0.000000260. The summed E-state index contributed by atoms with van der Waals surface area (Å²) in [6.07, 6.45) is -3.71. The van der Waals surface area contributed by atoms with Crippen molar-refractivity contribution in [1.82, 2.24) is 60.8 Å². The molecule has 4 aromatic rings. The van der Waals surface area contributed by atoms with Gasteiger partial charge in [0.1, 0.15) is 47.6 Å². The van der Waals surface area contributed by atoms with E-state index in [-0.39, 0.29) is 159 Å². The van der Waals surface area contributed by atoms with E-state index in [1.807, 2.05) is 0 Å². The summed E-state index contributed by atoms with van der Waals surface area (Å²) < 4.78 is 29.8. The maximum Gasteiger partial charge on any atom is 1.00 e. The van der Waals surface area contributed by atoms with E-state index in [4.69, 9.17) is 10.2 Å². The number of aliphatic hydroxyl groups excluding tert-OH is 2. The fourth-order valence-corrected chi connectivity index (χ4v) is 11.8. The number of nitrogens with zero attached hydrogens (tertiary/aromatic N) is 10. The monoisotopic (exact) mass is 1120 g/mol. The second-order valence-corrected chi connectivity index (χ2v) is 18.8. The van der Waals surface area contributed by atoms with Crippen molar-refractivity contribution in [2.75, 3.05) is 23.0 Å². The van der Waals surface area contributed by atoms with E-state index >= 15 is 0 Å². The first kappa shape index (κ1) is 59.2. The number of fused-ring (bicyclic) bond motifs is 2. The number of aromatic nitrogens is 8. The number of thioether (sulfide) groups is 4. The number of β-lactam (4-membered cyclic amide) rings is 2. The van der Waals surface area contributed by atoms with E-state index in [1.165, 1.54) is 59.9 Å². The Morgan fingerprint density at radius 1 is 0.667 bits per heavy atom. The molecule has 4 aliphatic heterocycles. The predicted molar refractivity (Wildman–Crippen MR) is 229 cm³/mol. The van der Waals surface area contributed by atoms with Crippen molar-refractivity contribution in [3.8, 4) is 0 Å². The summed E-state index contributed by atoms with van der Waals surface area (Å²) in [7, 11) is 0. The molecular weight excluding hydrogens is 1090 g/mol. The van der Waals surface area contributed by atoms with E-state index in [0.717, 1.165) is 54.8 Å². The van der Waals surface area contributed by atoms with Crippen LogP contribution in [-0.4, -0.2) is 164 Å². The Morgan fingerprint density at radius 3 is 1.36 bits per heavy atom. The fraction of sp³-hybridized carbons (Fsp3) is 0.316. The summed E-state index contributed by atoms with van der Waals surface area (Å²) in [5.74, 6) is -10.2. The van der Waals surface area contributed by atoms with E-state index in [0.29, 0.717) is 11.1 Å². The Kier molecular flexibility index (Phi) is 21.5. The van der Waals surface area contributed by atoms with Crippen molar-refractivity contribution < 1.29 is 181 Å². The number of hydrogen-bond acceptors (Lipinski definition) is 22. The number of carbonyl (C=O) groups is 8. The maximum absolute atomic E-state index is 13.9. The first-order valence-corrected chi connectivity index (χ1v) is 23.9. The Labute approximate surface area is 504 Å². The molecule has 2 aromatic carbocycles. The second kappa shape index (κ2) is 26.2. The number of halogens is 2. The van der Waals surface area contributed by atoms with E-state index < -0.39 is 107 Å². The van der Waals surface area contributed by atoms with Crippen molar-refractivity contribution in [3.05, 3.63) is 93.8 Å². The number of carbonyl (C=O) groups excluding carboxylic acids is 6. The van der Waals surface area contributed by atoms with Crippen LogP contribution < -0.4 is 124 Å². The average molecular weight is 1130 g/mol. The molecular formula is C38H32F2K2N12O14S4. The molecule has 26 nitrogen and oxygen atoms in total. The summed E-state index contributed by atoms with van der Waals surface area (Å²) >= 11 is 4.34. The van der Waals surface area contributed by atoms with Crippen LogP contribution in [0.4, 0.5) is 8.78 Å². The zero-order chi connectivity index (χ0) is 50.6. The molecule has 72 heavy (non-hydrogen) atoms. The number of hydrogen-bond donors (Lipinski definition) is 6. The van der Waals surface area contributed by atoms with Gasteiger partial charge in [0.2, 0.25) is 10.3 Å². The van der Waals surface area contributed by atoms with Gasteiger partial charge in [0, 0.05) is 34.1 Å². The summed E-state index contributed by atoms with van der Waals surface area (Å²) in [6.45, 7) is -0.966. The third-order valence-corrected chi connectivity index (χ3v) is 15.1. The minimum Gasteiger partial charge on any atom is -0.543 e. The second-order valence-electron chi connectivity index (χ2n) is 14.7. The minimum absolute atomic E-state index is 0. The van der Waals surface area contributed by atoms with Crippen molar-refractivity contribution in [2.45, 2.75) is 58.4 Å². The van der Waals surface area contributed by atoms with Gasteiger partial charge >= 0.3 is 115 Å². The number of aliphatic hydroxyl groups is 2. The molecule has 2 fully saturated rings. The number of amides is 4. The molecule has 6 atom stereocenters. The summed E-state index contributed by atoms with van der Waals surface area (Å²) in [5.41, 5.74) is -0.585. The molecule has 8 rings (SSSR count). The third kappa shape index (κ3) is 13.2. The first-order chi connectivity index (χ1) is 33.4. The van der Waals surface area contributed by atoms with Gasteiger partial charge < -0.3 is 50.9 Å². The van der Waals surface area contributed by atoms with Gasteiger partial charge in [0.15, 0.2) is 12.2 Å². The standard InChI is InChI=1S/2C19H17FN6O7S2.2K/c2*20-10-4-2-1-3-9(10)14(29)15(30)21-12-16(31)26-13(18(32)33)8(6-34-17(12)26)7-35-19-22-23-24-25(19)5-11(27)28;;/h2*1-4,12,14,17,29H,5-7H2,(H,21,30)(H,27,28)(H,32,33);;/q;;2*+1/p-2/t2*12?,14-,17-;;/m11../s1. The molecule has 2 aromatic heterocycles. The Hall–Kier alpha value is -3.73. The Bertz CT molecular complexity index is 2680. The first-order valence-electron chi connectivity index (χ1n) is 19.8. The number of carboxylic acids is 4. The molecule has 0 bridgehead atoms. The SMILES string of the molecule is O=C(O)Cn1nnnc1SCC1=C(C(=O)[O-])N2C(=O)C(NC(=O)[C@H](O)c3ccccc3F)[C@H]2SC1.O=C(O)Cn1nnnc1SCC1=C(C(=O)[O-])N2C(=O)C(NC(=O)[C@H](O)c3ccccc3F)[C@H]2SC1.[K+].[K+]. The van der Waals surface area contributed by atoms with E-state index in [2.05, 4.69) is 41.7 Å². The van der Waals surface area contributed by atoms with Crippen LogP contribution in [0.5, 0.6) is 0 Å². The van der Waals surface area contributed by atoms with Gasteiger partial charge in [-0.2, -0.15) is 0 Å². The molecule has 6 heterocycles.